The van der Waals surface area contributed by atoms with E-state index in [1.54, 1.807) is 13.8 Å². The third-order valence-corrected chi connectivity index (χ3v) is 5.27. The highest BCUT2D eigenvalue weighted by molar-refractivity contribution is 7.91. The first kappa shape index (κ1) is 16.9. The molecule has 0 amide bonds. The van der Waals surface area contributed by atoms with Crippen LogP contribution in [0.1, 0.15) is 40.0 Å². The van der Waals surface area contributed by atoms with Crippen molar-refractivity contribution in [2.75, 3.05) is 18.1 Å². The molecular weight excluding hydrogens is 284 g/mol. The molecular formula is C13H22O6S. The van der Waals surface area contributed by atoms with E-state index in [2.05, 4.69) is 0 Å². The standard InChI is InChI=1S/C13H22O6S/c1-4-13(2,3)12(15)18-8-11(14)19-10-6-5-7-20(16,17)9-10/h10H,4-9H2,1-3H3. The van der Waals surface area contributed by atoms with Crippen LogP contribution in [0.15, 0.2) is 0 Å². The molecule has 1 aliphatic heterocycles. The normalized spacial score (nSPS) is 22.1. The molecule has 1 heterocycles. The Hall–Kier alpha value is -1.11. The molecule has 6 nitrogen and oxygen atoms in total. The fourth-order valence-corrected chi connectivity index (χ4v) is 3.33. The Bertz CT molecular complexity index is 465. The summed E-state index contributed by atoms with van der Waals surface area (Å²) < 4.78 is 32.7. The van der Waals surface area contributed by atoms with Crippen LogP contribution in [0.2, 0.25) is 0 Å². The zero-order valence-corrected chi connectivity index (χ0v) is 13.0. The third-order valence-electron chi connectivity index (χ3n) is 3.48. The topological polar surface area (TPSA) is 86.7 Å². The summed E-state index contributed by atoms with van der Waals surface area (Å²) >= 11 is 0. The molecule has 7 heteroatoms. The van der Waals surface area contributed by atoms with Gasteiger partial charge in [-0.3, -0.25) is 4.79 Å². The molecule has 0 saturated carbocycles. The van der Waals surface area contributed by atoms with Gasteiger partial charge in [0.15, 0.2) is 16.4 Å². The molecule has 0 aromatic rings. The van der Waals surface area contributed by atoms with Crippen LogP contribution in [0, 0.1) is 5.41 Å². The average molecular weight is 306 g/mol. The van der Waals surface area contributed by atoms with Crippen LogP contribution >= 0.6 is 0 Å². The summed E-state index contributed by atoms with van der Waals surface area (Å²) in [4.78, 5) is 23.2. The van der Waals surface area contributed by atoms with Gasteiger partial charge in [0.2, 0.25) is 0 Å². The quantitative estimate of drug-likeness (QED) is 0.707. The van der Waals surface area contributed by atoms with Gasteiger partial charge in [-0.1, -0.05) is 6.92 Å². The van der Waals surface area contributed by atoms with Crippen molar-refractivity contribution >= 4 is 21.8 Å². The molecule has 1 aliphatic rings. The highest BCUT2D eigenvalue weighted by Crippen LogP contribution is 2.21. The first-order valence-corrected chi connectivity index (χ1v) is 8.55. The maximum absolute atomic E-state index is 11.7. The van der Waals surface area contributed by atoms with E-state index < -0.39 is 39.9 Å². The smallest absolute Gasteiger partial charge is 0.344 e. The lowest BCUT2D eigenvalue weighted by molar-refractivity contribution is -0.167. The van der Waals surface area contributed by atoms with Gasteiger partial charge >= 0.3 is 11.9 Å². The van der Waals surface area contributed by atoms with Crippen LogP contribution in [0.5, 0.6) is 0 Å². The molecule has 0 aromatic heterocycles. The second kappa shape index (κ2) is 6.56. The van der Waals surface area contributed by atoms with Crippen LogP contribution in [-0.2, 0) is 28.9 Å². The molecule has 1 fully saturated rings. The fraction of sp³-hybridized carbons (Fsp3) is 0.846. The Morgan fingerprint density at radius 1 is 1.30 bits per heavy atom. The minimum absolute atomic E-state index is 0.140. The Labute approximate surface area is 119 Å². The van der Waals surface area contributed by atoms with Gasteiger partial charge < -0.3 is 9.47 Å². The maximum atomic E-state index is 11.7. The van der Waals surface area contributed by atoms with Crippen LogP contribution < -0.4 is 0 Å². The van der Waals surface area contributed by atoms with E-state index in [9.17, 15) is 18.0 Å². The van der Waals surface area contributed by atoms with Crippen LogP contribution in [-0.4, -0.2) is 44.6 Å². The number of carbonyl (C=O) groups excluding carboxylic acids is 2. The number of sulfone groups is 1. The van der Waals surface area contributed by atoms with Gasteiger partial charge in [-0.05, 0) is 33.1 Å². The van der Waals surface area contributed by atoms with Crippen molar-refractivity contribution in [1.29, 1.82) is 0 Å². The zero-order chi connectivity index (χ0) is 15.4. The van der Waals surface area contributed by atoms with Gasteiger partial charge in [0.05, 0.1) is 16.9 Å². The molecule has 0 bridgehead atoms. The number of ether oxygens (including phenoxy) is 2. The average Bonchev–Trinajstić information content (AvgIpc) is 2.34. The Morgan fingerprint density at radius 3 is 2.50 bits per heavy atom. The number of hydrogen-bond donors (Lipinski definition) is 0. The van der Waals surface area contributed by atoms with Crippen molar-refractivity contribution in [2.45, 2.75) is 46.1 Å². The molecule has 0 aromatic carbocycles. The van der Waals surface area contributed by atoms with Gasteiger partial charge in [-0.25, -0.2) is 13.2 Å². The molecule has 116 valence electrons. The van der Waals surface area contributed by atoms with Gasteiger partial charge in [0, 0.05) is 0 Å². The number of esters is 2. The second-order valence-corrected chi connectivity index (χ2v) is 7.91. The Balaban J connectivity index is 2.39. The lowest BCUT2D eigenvalue weighted by atomic mass is 9.91. The fourth-order valence-electron chi connectivity index (χ4n) is 1.76. The van der Waals surface area contributed by atoms with E-state index in [0.717, 1.165) is 0 Å². The molecule has 0 radical (unpaired) electrons. The highest BCUT2D eigenvalue weighted by Gasteiger charge is 2.30. The predicted molar refractivity (Wildman–Crippen MR) is 72.8 cm³/mol. The third kappa shape index (κ3) is 5.11. The molecule has 1 atom stereocenters. The van der Waals surface area contributed by atoms with Crippen molar-refractivity contribution in [3.63, 3.8) is 0 Å². The minimum Gasteiger partial charge on any atom is -0.459 e. The summed E-state index contributed by atoms with van der Waals surface area (Å²) in [7, 11) is -3.12. The number of rotatable bonds is 5. The summed E-state index contributed by atoms with van der Waals surface area (Å²) in [5, 5.41) is 0. The van der Waals surface area contributed by atoms with Crippen LogP contribution in [0.25, 0.3) is 0 Å². The number of carbonyl (C=O) groups is 2. The Kier molecular flexibility index (Phi) is 5.56. The van der Waals surface area contributed by atoms with E-state index in [1.165, 1.54) is 0 Å². The summed E-state index contributed by atoms with van der Waals surface area (Å²) in [6.07, 6.45) is 0.989. The predicted octanol–water partition coefficient (Wildman–Crippen LogP) is 1.09. The molecule has 0 aliphatic carbocycles. The SMILES string of the molecule is CCC(C)(C)C(=O)OCC(=O)OC1CCCS(=O)(=O)C1. The molecule has 20 heavy (non-hydrogen) atoms. The van der Waals surface area contributed by atoms with Gasteiger partial charge in [0.1, 0.15) is 6.10 Å². The van der Waals surface area contributed by atoms with Crippen LogP contribution in [0.4, 0.5) is 0 Å². The molecule has 0 spiro atoms. The highest BCUT2D eigenvalue weighted by atomic mass is 32.2. The van der Waals surface area contributed by atoms with E-state index in [-0.39, 0.29) is 11.5 Å². The summed E-state index contributed by atoms with van der Waals surface area (Å²) in [5.41, 5.74) is -0.644. The lowest BCUT2D eigenvalue weighted by Crippen LogP contribution is -2.35. The summed E-state index contributed by atoms with van der Waals surface area (Å²) in [6, 6.07) is 0. The Morgan fingerprint density at radius 2 is 1.95 bits per heavy atom. The van der Waals surface area contributed by atoms with E-state index in [4.69, 9.17) is 9.47 Å². The van der Waals surface area contributed by atoms with E-state index >= 15 is 0 Å². The summed E-state index contributed by atoms with van der Waals surface area (Å²) in [6.45, 7) is 4.84. The van der Waals surface area contributed by atoms with Crippen molar-refractivity contribution in [3.05, 3.63) is 0 Å². The van der Waals surface area contributed by atoms with Crippen LogP contribution in [0.3, 0.4) is 0 Å². The molecule has 1 unspecified atom stereocenters. The van der Waals surface area contributed by atoms with E-state index in [1.807, 2.05) is 6.92 Å². The van der Waals surface area contributed by atoms with E-state index in [0.29, 0.717) is 19.3 Å². The number of hydrogen-bond acceptors (Lipinski definition) is 6. The van der Waals surface area contributed by atoms with Crippen molar-refractivity contribution in [3.8, 4) is 0 Å². The minimum atomic E-state index is -3.12. The first-order valence-electron chi connectivity index (χ1n) is 6.73. The van der Waals surface area contributed by atoms with Gasteiger partial charge in [0.25, 0.3) is 0 Å². The second-order valence-electron chi connectivity index (χ2n) is 5.68. The van der Waals surface area contributed by atoms with Crippen molar-refractivity contribution in [1.82, 2.24) is 0 Å². The molecule has 1 rings (SSSR count). The van der Waals surface area contributed by atoms with Crippen molar-refractivity contribution in [2.24, 2.45) is 5.41 Å². The van der Waals surface area contributed by atoms with Crippen molar-refractivity contribution < 1.29 is 27.5 Å². The zero-order valence-electron chi connectivity index (χ0n) is 12.2. The summed E-state index contributed by atoms with van der Waals surface area (Å²) in [5.74, 6) is -1.17. The largest absolute Gasteiger partial charge is 0.459 e. The maximum Gasteiger partial charge on any atom is 0.344 e. The van der Waals surface area contributed by atoms with Gasteiger partial charge in [-0.15, -0.1) is 0 Å². The first-order chi connectivity index (χ1) is 9.16. The molecule has 1 saturated heterocycles. The molecule has 0 N–H and O–H groups in total. The monoisotopic (exact) mass is 306 g/mol. The lowest BCUT2D eigenvalue weighted by Gasteiger charge is -2.23. The van der Waals surface area contributed by atoms with Gasteiger partial charge in [-0.2, -0.15) is 0 Å².